The normalized spacial score (nSPS) is 18.9. The molecule has 1 aromatic rings. The SMILES string of the molecule is CC(C)(C)c1ccc(C(NC2CCCCC2)C(N)=O)s1. The summed E-state index contributed by atoms with van der Waals surface area (Å²) in [5.41, 5.74) is 5.73. The monoisotopic (exact) mass is 294 g/mol. The van der Waals surface area contributed by atoms with Crippen LogP contribution in [0.1, 0.15) is 68.7 Å². The molecule has 1 unspecified atom stereocenters. The summed E-state index contributed by atoms with van der Waals surface area (Å²) < 4.78 is 0. The van der Waals surface area contributed by atoms with Gasteiger partial charge in [0.25, 0.3) is 0 Å². The zero-order valence-corrected chi connectivity index (χ0v) is 13.6. The van der Waals surface area contributed by atoms with Gasteiger partial charge in [-0.3, -0.25) is 10.1 Å². The summed E-state index contributed by atoms with van der Waals surface area (Å²) in [4.78, 5) is 14.1. The van der Waals surface area contributed by atoms with E-state index >= 15 is 0 Å². The smallest absolute Gasteiger partial charge is 0.240 e. The molecule has 2 rings (SSSR count). The highest BCUT2D eigenvalue weighted by Crippen LogP contribution is 2.33. The molecule has 0 saturated heterocycles. The Morgan fingerprint density at radius 2 is 1.95 bits per heavy atom. The van der Waals surface area contributed by atoms with Crippen molar-refractivity contribution in [3.05, 3.63) is 21.9 Å². The van der Waals surface area contributed by atoms with Gasteiger partial charge < -0.3 is 5.73 Å². The molecule has 1 saturated carbocycles. The average Bonchev–Trinajstić information content (AvgIpc) is 2.86. The fourth-order valence-electron chi connectivity index (χ4n) is 2.72. The van der Waals surface area contributed by atoms with Crippen LogP contribution in [-0.2, 0) is 10.2 Å². The molecule has 1 aliphatic carbocycles. The lowest BCUT2D eigenvalue weighted by atomic mass is 9.94. The van der Waals surface area contributed by atoms with Crippen LogP contribution in [0.4, 0.5) is 0 Å². The lowest BCUT2D eigenvalue weighted by molar-refractivity contribution is -0.120. The largest absolute Gasteiger partial charge is 0.368 e. The van der Waals surface area contributed by atoms with E-state index < -0.39 is 0 Å². The van der Waals surface area contributed by atoms with Gasteiger partial charge in [-0.2, -0.15) is 0 Å². The van der Waals surface area contributed by atoms with Crippen molar-refractivity contribution in [2.75, 3.05) is 0 Å². The second kappa shape index (κ2) is 6.27. The van der Waals surface area contributed by atoms with Crippen LogP contribution in [0.5, 0.6) is 0 Å². The Balaban J connectivity index is 2.11. The van der Waals surface area contributed by atoms with Gasteiger partial charge in [-0.15, -0.1) is 11.3 Å². The fourth-order valence-corrected chi connectivity index (χ4v) is 3.85. The Morgan fingerprint density at radius 1 is 1.30 bits per heavy atom. The third-order valence-electron chi connectivity index (χ3n) is 3.94. The summed E-state index contributed by atoms with van der Waals surface area (Å²) in [6.45, 7) is 6.57. The molecule has 3 N–H and O–H groups in total. The first-order valence-corrected chi connectivity index (χ1v) is 8.35. The van der Waals surface area contributed by atoms with Crippen LogP contribution >= 0.6 is 11.3 Å². The molecule has 1 heterocycles. The van der Waals surface area contributed by atoms with Crippen molar-refractivity contribution in [3.63, 3.8) is 0 Å². The third-order valence-corrected chi connectivity index (χ3v) is 5.52. The highest BCUT2D eigenvalue weighted by atomic mass is 32.1. The Kier molecular flexibility index (Phi) is 4.86. The van der Waals surface area contributed by atoms with E-state index in [0.717, 1.165) is 17.7 Å². The van der Waals surface area contributed by atoms with Gasteiger partial charge in [0.1, 0.15) is 6.04 Å². The first-order valence-electron chi connectivity index (χ1n) is 7.53. The highest BCUT2D eigenvalue weighted by molar-refractivity contribution is 7.12. The average molecular weight is 294 g/mol. The molecule has 0 radical (unpaired) electrons. The Labute approximate surface area is 125 Å². The second-order valence-corrected chi connectivity index (χ2v) is 7.90. The molecule has 4 heteroatoms. The lowest BCUT2D eigenvalue weighted by Crippen LogP contribution is -2.40. The molecule has 1 fully saturated rings. The number of hydrogen-bond donors (Lipinski definition) is 2. The standard InChI is InChI=1S/C16H26N2OS/c1-16(2,3)13-10-9-12(20-13)14(15(17)19)18-11-7-5-4-6-8-11/h9-11,14,18H,4-8H2,1-3H3,(H2,17,19). The number of nitrogens with one attached hydrogen (secondary N) is 1. The Morgan fingerprint density at radius 3 is 2.45 bits per heavy atom. The minimum absolute atomic E-state index is 0.121. The fraction of sp³-hybridized carbons (Fsp3) is 0.688. The molecule has 0 aromatic carbocycles. The van der Waals surface area contributed by atoms with Crippen molar-refractivity contribution in [1.29, 1.82) is 0 Å². The molecule has 1 amide bonds. The molecule has 0 spiro atoms. The number of carbonyl (C=O) groups excluding carboxylic acids is 1. The molecule has 1 aliphatic rings. The molecule has 0 aliphatic heterocycles. The highest BCUT2D eigenvalue weighted by Gasteiger charge is 2.26. The van der Waals surface area contributed by atoms with E-state index in [1.165, 1.54) is 24.1 Å². The van der Waals surface area contributed by atoms with Gasteiger partial charge in [-0.05, 0) is 30.4 Å². The summed E-state index contributed by atoms with van der Waals surface area (Å²) in [6.07, 6.45) is 6.12. The van der Waals surface area contributed by atoms with E-state index in [0.29, 0.717) is 6.04 Å². The topological polar surface area (TPSA) is 55.1 Å². The minimum Gasteiger partial charge on any atom is -0.368 e. The predicted molar refractivity (Wildman–Crippen MR) is 85.0 cm³/mol. The summed E-state index contributed by atoms with van der Waals surface area (Å²) in [6, 6.07) is 4.27. The first kappa shape index (κ1) is 15.5. The van der Waals surface area contributed by atoms with E-state index in [1.807, 2.05) is 0 Å². The van der Waals surface area contributed by atoms with Gasteiger partial charge in [0.05, 0.1) is 0 Å². The van der Waals surface area contributed by atoms with Crippen LogP contribution in [0.2, 0.25) is 0 Å². The van der Waals surface area contributed by atoms with Crippen molar-refractivity contribution >= 4 is 17.2 Å². The summed E-state index contributed by atoms with van der Waals surface area (Å²) in [5.74, 6) is -0.266. The lowest BCUT2D eigenvalue weighted by Gasteiger charge is -2.26. The van der Waals surface area contributed by atoms with E-state index in [2.05, 4.69) is 38.2 Å². The van der Waals surface area contributed by atoms with Crippen molar-refractivity contribution in [2.45, 2.75) is 70.4 Å². The number of primary amides is 1. The zero-order chi connectivity index (χ0) is 14.8. The zero-order valence-electron chi connectivity index (χ0n) is 12.7. The van der Waals surface area contributed by atoms with Gasteiger partial charge >= 0.3 is 0 Å². The maximum Gasteiger partial charge on any atom is 0.240 e. The minimum atomic E-state index is -0.334. The maximum absolute atomic E-state index is 11.8. The van der Waals surface area contributed by atoms with Crippen LogP contribution < -0.4 is 11.1 Å². The van der Waals surface area contributed by atoms with Gasteiger partial charge in [-0.1, -0.05) is 40.0 Å². The second-order valence-electron chi connectivity index (χ2n) is 6.79. The van der Waals surface area contributed by atoms with Gasteiger partial charge in [0, 0.05) is 15.8 Å². The van der Waals surface area contributed by atoms with Crippen LogP contribution in [0.3, 0.4) is 0 Å². The number of carbonyl (C=O) groups is 1. The van der Waals surface area contributed by atoms with Crippen LogP contribution in [0.25, 0.3) is 0 Å². The van der Waals surface area contributed by atoms with Crippen molar-refractivity contribution < 1.29 is 4.79 Å². The third kappa shape index (κ3) is 3.83. The number of thiophene rings is 1. The van der Waals surface area contributed by atoms with Crippen molar-refractivity contribution in [2.24, 2.45) is 5.73 Å². The molecule has 20 heavy (non-hydrogen) atoms. The van der Waals surface area contributed by atoms with Gasteiger partial charge in [0.15, 0.2) is 0 Å². The Hall–Kier alpha value is -0.870. The number of hydrogen-bond acceptors (Lipinski definition) is 3. The van der Waals surface area contributed by atoms with Crippen LogP contribution in [-0.4, -0.2) is 11.9 Å². The first-order chi connectivity index (χ1) is 9.38. The number of nitrogens with two attached hydrogens (primary N) is 1. The molecule has 0 bridgehead atoms. The van der Waals surface area contributed by atoms with Crippen LogP contribution in [0, 0.1) is 0 Å². The predicted octanol–water partition coefficient (Wildman–Crippen LogP) is 3.49. The van der Waals surface area contributed by atoms with Crippen molar-refractivity contribution in [1.82, 2.24) is 5.32 Å². The van der Waals surface area contributed by atoms with Gasteiger partial charge in [0.2, 0.25) is 5.91 Å². The molecular weight excluding hydrogens is 268 g/mol. The summed E-state index contributed by atoms with van der Waals surface area (Å²) in [7, 11) is 0. The number of rotatable bonds is 4. The quantitative estimate of drug-likeness (QED) is 0.893. The van der Waals surface area contributed by atoms with E-state index in [9.17, 15) is 4.79 Å². The van der Waals surface area contributed by atoms with E-state index in [1.54, 1.807) is 11.3 Å². The molecule has 112 valence electrons. The summed E-state index contributed by atoms with van der Waals surface area (Å²) in [5, 5.41) is 3.47. The van der Waals surface area contributed by atoms with E-state index in [-0.39, 0.29) is 17.4 Å². The maximum atomic E-state index is 11.8. The molecule has 1 aromatic heterocycles. The van der Waals surface area contributed by atoms with E-state index in [4.69, 9.17) is 5.73 Å². The molecule has 1 atom stereocenters. The number of amides is 1. The van der Waals surface area contributed by atoms with Crippen molar-refractivity contribution in [3.8, 4) is 0 Å². The Bertz CT molecular complexity index is 455. The molecule has 3 nitrogen and oxygen atoms in total. The van der Waals surface area contributed by atoms with Crippen LogP contribution in [0.15, 0.2) is 12.1 Å². The molecular formula is C16H26N2OS. The van der Waals surface area contributed by atoms with Gasteiger partial charge in [-0.25, -0.2) is 0 Å². The summed E-state index contributed by atoms with van der Waals surface area (Å²) >= 11 is 1.70.